The first-order valence-electron chi connectivity index (χ1n) is 4.43. The van der Waals surface area contributed by atoms with Crippen LogP contribution in [-0.2, 0) is 0 Å². The molecular formula is C10H14BrNO2. The lowest BCUT2D eigenvalue weighted by Crippen LogP contribution is -2.14. The maximum atomic E-state index is 8.88. The van der Waals surface area contributed by atoms with Crippen molar-refractivity contribution in [2.45, 2.75) is 6.04 Å². The maximum absolute atomic E-state index is 8.88. The predicted molar refractivity (Wildman–Crippen MR) is 59.7 cm³/mol. The Morgan fingerprint density at radius 1 is 1.50 bits per heavy atom. The summed E-state index contributed by atoms with van der Waals surface area (Å²) in [5, 5.41) is 9.68. The van der Waals surface area contributed by atoms with Crippen LogP contribution in [0.25, 0.3) is 0 Å². The van der Waals surface area contributed by atoms with E-state index in [1.165, 1.54) is 0 Å². The predicted octanol–water partition coefficient (Wildman–Crippen LogP) is 1.45. The molecule has 3 N–H and O–H groups in total. The summed E-state index contributed by atoms with van der Waals surface area (Å²) in [4.78, 5) is 0. The number of aliphatic hydroxyl groups is 1. The van der Waals surface area contributed by atoms with Crippen LogP contribution in [0.2, 0.25) is 0 Å². The second-order valence-corrected chi connectivity index (χ2v) is 3.69. The number of benzene rings is 1. The summed E-state index contributed by atoms with van der Waals surface area (Å²) >= 11 is 3.28. The van der Waals surface area contributed by atoms with Crippen molar-refractivity contribution < 1.29 is 9.84 Å². The summed E-state index contributed by atoms with van der Waals surface area (Å²) in [5.74, 6) is 0.783. The molecule has 0 saturated heterocycles. The molecule has 78 valence electrons. The van der Waals surface area contributed by atoms with E-state index < -0.39 is 0 Å². The molecule has 1 aromatic rings. The number of rotatable bonds is 5. The molecule has 0 heterocycles. The first-order chi connectivity index (χ1) is 6.77. The molecule has 1 unspecified atom stereocenters. The van der Waals surface area contributed by atoms with Crippen LogP contribution >= 0.6 is 15.9 Å². The van der Waals surface area contributed by atoms with Crippen molar-refractivity contribution in [3.63, 3.8) is 0 Å². The Hall–Kier alpha value is -0.580. The normalized spacial score (nSPS) is 12.5. The molecule has 0 bridgehead atoms. The van der Waals surface area contributed by atoms with Gasteiger partial charge in [-0.1, -0.05) is 28.1 Å². The second-order valence-electron chi connectivity index (χ2n) is 2.90. The van der Waals surface area contributed by atoms with Gasteiger partial charge < -0.3 is 15.6 Å². The molecule has 1 aromatic carbocycles. The van der Waals surface area contributed by atoms with E-state index in [-0.39, 0.29) is 12.6 Å². The minimum absolute atomic E-state index is 0.0537. The highest BCUT2D eigenvalue weighted by atomic mass is 79.9. The van der Waals surface area contributed by atoms with E-state index in [1.807, 2.05) is 24.3 Å². The van der Waals surface area contributed by atoms with Crippen LogP contribution in [0.5, 0.6) is 5.75 Å². The molecule has 14 heavy (non-hydrogen) atoms. The van der Waals surface area contributed by atoms with E-state index in [0.717, 1.165) is 16.6 Å². The molecule has 0 aliphatic heterocycles. The van der Waals surface area contributed by atoms with Crippen LogP contribution < -0.4 is 10.5 Å². The Morgan fingerprint density at radius 3 is 2.93 bits per heavy atom. The third kappa shape index (κ3) is 3.29. The standard InChI is InChI=1S/C10H14BrNO2/c11-4-5-14-9-3-1-2-8(6-9)10(12)7-13/h1-3,6,10,13H,4-5,7,12H2. The molecule has 4 heteroatoms. The summed E-state index contributed by atoms with van der Waals surface area (Å²) in [7, 11) is 0. The lowest BCUT2D eigenvalue weighted by molar-refractivity contribution is 0.267. The highest BCUT2D eigenvalue weighted by molar-refractivity contribution is 9.09. The number of ether oxygens (including phenoxy) is 1. The summed E-state index contributed by atoms with van der Waals surface area (Å²) in [6.45, 7) is 0.569. The van der Waals surface area contributed by atoms with Crippen LogP contribution in [0, 0.1) is 0 Å². The molecule has 0 aliphatic rings. The van der Waals surface area contributed by atoms with Crippen molar-refractivity contribution in [3.05, 3.63) is 29.8 Å². The number of hydrogen-bond donors (Lipinski definition) is 2. The van der Waals surface area contributed by atoms with E-state index in [9.17, 15) is 0 Å². The molecule has 1 atom stereocenters. The van der Waals surface area contributed by atoms with Gasteiger partial charge in [0, 0.05) is 5.33 Å². The monoisotopic (exact) mass is 259 g/mol. The van der Waals surface area contributed by atoms with E-state index in [0.29, 0.717) is 6.61 Å². The van der Waals surface area contributed by atoms with Gasteiger partial charge in [-0.05, 0) is 17.7 Å². The molecule has 0 aromatic heterocycles. The molecule has 0 aliphatic carbocycles. The summed E-state index contributed by atoms with van der Waals surface area (Å²) in [5.41, 5.74) is 6.57. The fourth-order valence-corrected chi connectivity index (χ4v) is 1.26. The van der Waals surface area contributed by atoms with Crippen molar-refractivity contribution in [3.8, 4) is 5.75 Å². The number of hydrogen-bond acceptors (Lipinski definition) is 3. The van der Waals surface area contributed by atoms with Gasteiger partial charge in [-0.3, -0.25) is 0 Å². The van der Waals surface area contributed by atoms with Gasteiger partial charge in [-0.25, -0.2) is 0 Å². The van der Waals surface area contributed by atoms with Gasteiger partial charge >= 0.3 is 0 Å². The number of halogens is 1. The van der Waals surface area contributed by atoms with Gasteiger partial charge in [0.2, 0.25) is 0 Å². The Labute approximate surface area is 92.0 Å². The van der Waals surface area contributed by atoms with Crippen LogP contribution in [0.1, 0.15) is 11.6 Å². The first-order valence-corrected chi connectivity index (χ1v) is 5.55. The fourth-order valence-electron chi connectivity index (χ4n) is 1.10. The highest BCUT2D eigenvalue weighted by Crippen LogP contribution is 2.17. The van der Waals surface area contributed by atoms with Crippen LogP contribution in [-0.4, -0.2) is 23.7 Å². The van der Waals surface area contributed by atoms with Crippen molar-refractivity contribution in [2.24, 2.45) is 5.73 Å². The minimum Gasteiger partial charge on any atom is -0.493 e. The van der Waals surface area contributed by atoms with Gasteiger partial charge in [-0.15, -0.1) is 0 Å². The van der Waals surface area contributed by atoms with Crippen molar-refractivity contribution in [2.75, 3.05) is 18.5 Å². The van der Waals surface area contributed by atoms with E-state index in [2.05, 4.69) is 15.9 Å². The van der Waals surface area contributed by atoms with Crippen molar-refractivity contribution in [1.82, 2.24) is 0 Å². The topological polar surface area (TPSA) is 55.5 Å². The third-order valence-corrected chi connectivity index (χ3v) is 2.15. The molecule has 3 nitrogen and oxygen atoms in total. The van der Waals surface area contributed by atoms with E-state index in [1.54, 1.807) is 0 Å². The van der Waals surface area contributed by atoms with Crippen LogP contribution in [0.15, 0.2) is 24.3 Å². The Balaban J connectivity index is 2.68. The zero-order chi connectivity index (χ0) is 10.4. The van der Waals surface area contributed by atoms with Gasteiger partial charge in [0.05, 0.1) is 19.3 Å². The molecule has 1 rings (SSSR count). The average molecular weight is 260 g/mol. The van der Waals surface area contributed by atoms with Gasteiger partial charge in [0.15, 0.2) is 0 Å². The molecule has 0 fully saturated rings. The van der Waals surface area contributed by atoms with Gasteiger partial charge in [0.1, 0.15) is 5.75 Å². The lowest BCUT2D eigenvalue weighted by Gasteiger charge is -2.10. The number of alkyl halides is 1. The van der Waals surface area contributed by atoms with Gasteiger partial charge in [-0.2, -0.15) is 0 Å². The van der Waals surface area contributed by atoms with Crippen molar-refractivity contribution in [1.29, 1.82) is 0 Å². The third-order valence-electron chi connectivity index (χ3n) is 1.83. The lowest BCUT2D eigenvalue weighted by atomic mass is 10.1. The molecular weight excluding hydrogens is 246 g/mol. The number of nitrogens with two attached hydrogens (primary N) is 1. The van der Waals surface area contributed by atoms with E-state index >= 15 is 0 Å². The highest BCUT2D eigenvalue weighted by Gasteiger charge is 2.04. The fraction of sp³-hybridized carbons (Fsp3) is 0.400. The molecule has 0 saturated carbocycles. The first kappa shape index (κ1) is 11.5. The second kappa shape index (κ2) is 6.01. The Bertz CT molecular complexity index is 281. The quantitative estimate of drug-likeness (QED) is 0.788. The summed E-state index contributed by atoms with van der Waals surface area (Å²) in [6, 6.07) is 7.14. The Kier molecular flexibility index (Phi) is 4.93. The molecule has 0 spiro atoms. The van der Waals surface area contributed by atoms with Gasteiger partial charge in [0.25, 0.3) is 0 Å². The molecule has 0 amide bonds. The van der Waals surface area contributed by atoms with E-state index in [4.69, 9.17) is 15.6 Å². The SMILES string of the molecule is NC(CO)c1cccc(OCCBr)c1. The minimum atomic E-state index is -0.331. The van der Waals surface area contributed by atoms with Crippen molar-refractivity contribution >= 4 is 15.9 Å². The van der Waals surface area contributed by atoms with Crippen LogP contribution in [0.3, 0.4) is 0 Å². The molecule has 0 radical (unpaired) electrons. The average Bonchev–Trinajstić information content (AvgIpc) is 2.25. The Morgan fingerprint density at radius 2 is 2.29 bits per heavy atom. The largest absolute Gasteiger partial charge is 0.493 e. The summed E-state index contributed by atoms with van der Waals surface area (Å²) < 4.78 is 5.41. The zero-order valence-corrected chi connectivity index (χ0v) is 9.40. The number of aliphatic hydroxyl groups excluding tert-OH is 1. The van der Waals surface area contributed by atoms with Crippen LogP contribution in [0.4, 0.5) is 0 Å². The smallest absolute Gasteiger partial charge is 0.119 e. The maximum Gasteiger partial charge on any atom is 0.119 e. The summed E-state index contributed by atoms with van der Waals surface area (Å²) in [6.07, 6.45) is 0. The zero-order valence-electron chi connectivity index (χ0n) is 7.82.